The van der Waals surface area contributed by atoms with Crippen LogP contribution in [0.5, 0.6) is 0 Å². The van der Waals surface area contributed by atoms with Gasteiger partial charge in [0.15, 0.2) is 5.82 Å². The molecule has 120 valence electrons. The van der Waals surface area contributed by atoms with Crippen LogP contribution in [0.3, 0.4) is 0 Å². The second-order valence-electron chi connectivity index (χ2n) is 4.31. The van der Waals surface area contributed by atoms with E-state index in [1.165, 1.54) is 14.1 Å². The highest BCUT2D eigenvalue weighted by Crippen LogP contribution is 2.25. The molecule has 0 aromatic heterocycles. The van der Waals surface area contributed by atoms with Gasteiger partial charge in [-0.05, 0) is 12.1 Å². The van der Waals surface area contributed by atoms with Gasteiger partial charge in [0, 0.05) is 26.3 Å². The number of rotatable bonds is 6. The first-order chi connectivity index (χ1) is 9.47. The second kappa shape index (κ2) is 6.44. The Labute approximate surface area is 128 Å². The average molecular weight is 360 g/mol. The quantitative estimate of drug-likeness (QED) is 0.706. The van der Waals surface area contributed by atoms with E-state index in [1.807, 2.05) is 4.72 Å². The smallest absolute Gasteiger partial charge is 0.243 e. The van der Waals surface area contributed by atoms with Gasteiger partial charge in [-0.3, -0.25) is 0 Å². The van der Waals surface area contributed by atoms with Gasteiger partial charge in [0.2, 0.25) is 20.0 Å². The van der Waals surface area contributed by atoms with Crippen molar-refractivity contribution >= 4 is 37.3 Å². The van der Waals surface area contributed by atoms with E-state index in [0.717, 1.165) is 16.4 Å². The van der Waals surface area contributed by atoms with Gasteiger partial charge in [0.1, 0.15) is 4.90 Å². The van der Waals surface area contributed by atoms with Gasteiger partial charge >= 0.3 is 0 Å². The van der Waals surface area contributed by atoms with Crippen LogP contribution < -0.4 is 10.5 Å². The van der Waals surface area contributed by atoms with E-state index in [2.05, 4.69) is 0 Å². The number of nitrogens with zero attached hydrogens (tertiary/aromatic N) is 1. The van der Waals surface area contributed by atoms with Crippen LogP contribution in [0, 0.1) is 5.82 Å². The number of anilines is 1. The Morgan fingerprint density at radius 2 is 1.86 bits per heavy atom. The lowest BCUT2D eigenvalue weighted by molar-refractivity contribution is 0.519. The number of benzene rings is 1. The molecule has 0 aliphatic rings. The molecule has 1 aromatic carbocycles. The molecule has 0 amide bonds. The molecule has 1 aromatic rings. The first kappa shape index (κ1) is 18.1. The van der Waals surface area contributed by atoms with Crippen molar-refractivity contribution in [3.05, 3.63) is 23.0 Å². The normalized spacial score (nSPS) is 12.8. The summed E-state index contributed by atoms with van der Waals surface area (Å²) in [6.45, 7) is -0.408. The maximum absolute atomic E-state index is 13.7. The molecule has 0 aliphatic carbocycles. The zero-order chi connectivity index (χ0) is 16.4. The Morgan fingerprint density at radius 3 is 2.38 bits per heavy atom. The Kier molecular flexibility index (Phi) is 5.56. The molecule has 1 rings (SSSR count). The van der Waals surface area contributed by atoms with E-state index in [1.54, 1.807) is 0 Å². The molecule has 0 radical (unpaired) electrons. The minimum absolute atomic E-state index is 0.0253. The lowest BCUT2D eigenvalue weighted by Crippen LogP contribution is -2.34. The van der Waals surface area contributed by atoms with Crippen LogP contribution in [0.4, 0.5) is 10.1 Å². The molecule has 0 saturated carbocycles. The van der Waals surface area contributed by atoms with Crippen LogP contribution in [-0.2, 0) is 20.0 Å². The number of nitrogens with two attached hydrogens (primary N) is 1. The Bertz CT molecular complexity index is 735. The monoisotopic (exact) mass is 359 g/mol. The van der Waals surface area contributed by atoms with Gasteiger partial charge in [-0.25, -0.2) is 30.3 Å². The molecular weight excluding hydrogens is 345 g/mol. The summed E-state index contributed by atoms with van der Waals surface area (Å²) < 4.78 is 63.6. The van der Waals surface area contributed by atoms with Crippen LogP contribution in [0.15, 0.2) is 17.0 Å². The zero-order valence-electron chi connectivity index (χ0n) is 11.3. The van der Waals surface area contributed by atoms with Gasteiger partial charge < -0.3 is 5.73 Å². The van der Waals surface area contributed by atoms with E-state index in [4.69, 9.17) is 17.3 Å². The van der Waals surface area contributed by atoms with Crippen molar-refractivity contribution in [2.75, 3.05) is 32.1 Å². The van der Waals surface area contributed by atoms with Gasteiger partial charge in [-0.1, -0.05) is 11.6 Å². The third-order valence-electron chi connectivity index (χ3n) is 2.52. The van der Waals surface area contributed by atoms with Gasteiger partial charge in [-0.15, -0.1) is 0 Å². The SMILES string of the molecule is CN(C)S(=O)(=O)CCNS(=O)(=O)c1cc(N)cc(Cl)c1F. The summed E-state index contributed by atoms with van der Waals surface area (Å²) in [6.07, 6.45) is 0. The Hall–Kier alpha value is -0.940. The van der Waals surface area contributed by atoms with E-state index < -0.39 is 48.1 Å². The van der Waals surface area contributed by atoms with E-state index in [-0.39, 0.29) is 5.69 Å². The van der Waals surface area contributed by atoms with Crippen molar-refractivity contribution in [2.24, 2.45) is 0 Å². The minimum atomic E-state index is -4.26. The van der Waals surface area contributed by atoms with Gasteiger partial charge in [0.05, 0.1) is 10.8 Å². The average Bonchev–Trinajstić information content (AvgIpc) is 2.32. The molecule has 0 unspecified atom stereocenters. The summed E-state index contributed by atoms with van der Waals surface area (Å²) in [5.74, 6) is -1.61. The first-order valence-electron chi connectivity index (χ1n) is 5.62. The molecular formula is C10H15ClFN3O4S2. The summed E-state index contributed by atoms with van der Waals surface area (Å²) in [5, 5.41) is -0.434. The fraction of sp³-hybridized carbons (Fsp3) is 0.400. The lowest BCUT2D eigenvalue weighted by atomic mass is 10.3. The van der Waals surface area contributed by atoms with Crippen molar-refractivity contribution in [2.45, 2.75) is 4.90 Å². The Balaban J connectivity index is 2.94. The van der Waals surface area contributed by atoms with Gasteiger partial charge in [0.25, 0.3) is 0 Å². The highest BCUT2D eigenvalue weighted by molar-refractivity contribution is 7.90. The third kappa shape index (κ3) is 4.51. The first-order valence-corrected chi connectivity index (χ1v) is 9.09. The van der Waals surface area contributed by atoms with Crippen molar-refractivity contribution in [3.63, 3.8) is 0 Å². The molecule has 7 nitrogen and oxygen atoms in total. The highest BCUT2D eigenvalue weighted by atomic mass is 35.5. The second-order valence-corrected chi connectivity index (χ2v) is 8.76. The maximum atomic E-state index is 13.7. The molecule has 11 heteroatoms. The summed E-state index contributed by atoms with van der Waals surface area (Å²) in [6, 6.07) is 1.98. The van der Waals surface area contributed by atoms with Crippen LogP contribution in [0.2, 0.25) is 5.02 Å². The predicted octanol–water partition coefficient (Wildman–Crippen LogP) is 0.231. The molecule has 0 fully saturated rings. The van der Waals surface area contributed by atoms with E-state index in [9.17, 15) is 21.2 Å². The van der Waals surface area contributed by atoms with Crippen LogP contribution in [0.1, 0.15) is 0 Å². The summed E-state index contributed by atoms with van der Waals surface area (Å²) >= 11 is 5.52. The van der Waals surface area contributed by atoms with Crippen molar-refractivity contribution in [1.82, 2.24) is 9.03 Å². The van der Waals surface area contributed by atoms with E-state index >= 15 is 0 Å². The predicted molar refractivity (Wildman–Crippen MR) is 78.5 cm³/mol. The standard InChI is InChI=1S/C10H15ClFN3O4S2/c1-15(2)20(16,17)4-3-14-21(18,19)9-6-7(13)5-8(11)10(9)12/h5-6,14H,3-4,13H2,1-2H3. The number of nitrogens with one attached hydrogen (secondary N) is 1. The molecule has 21 heavy (non-hydrogen) atoms. The third-order valence-corrected chi connectivity index (χ3v) is 6.08. The summed E-state index contributed by atoms with van der Waals surface area (Å²) in [7, 11) is -5.18. The number of nitrogen functional groups attached to an aromatic ring is 1. The van der Waals surface area contributed by atoms with Crippen molar-refractivity contribution < 1.29 is 21.2 Å². The number of sulfonamides is 2. The molecule has 0 saturated heterocycles. The number of hydrogen-bond acceptors (Lipinski definition) is 5. The lowest BCUT2D eigenvalue weighted by Gasteiger charge is -2.12. The number of halogens is 2. The van der Waals surface area contributed by atoms with Gasteiger partial charge in [-0.2, -0.15) is 0 Å². The fourth-order valence-electron chi connectivity index (χ4n) is 1.34. The van der Waals surface area contributed by atoms with Crippen LogP contribution >= 0.6 is 11.6 Å². The molecule has 3 N–H and O–H groups in total. The zero-order valence-corrected chi connectivity index (χ0v) is 13.7. The van der Waals surface area contributed by atoms with Crippen LogP contribution in [-0.4, -0.2) is 47.5 Å². The molecule has 0 atom stereocenters. The maximum Gasteiger partial charge on any atom is 0.243 e. The molecule has 0 heterocycles. The largest absolute Gasteiger partial charge is 0.399 e. The van der Waals surface area contributed by atoms with Crippen molar-refractivity contribution in [3.8, 4) is 0 Å². The topological polar surface area (TPSA) is 110 Å². The van der Waals surface area contributed by atoms with E-state index in [0.29, 0.717) is 0 Å². The van der Waals surface area contributed by atoms with Crippen LogP contribution in [0.25, 0.3) is 0 Å². The Morgan fingerprint density at radius 1 is 1.29 bits per heavy atom. The fourth-order valence-corrected chi connectivity index (χ4v) is 3.65. The summed E-state index contributed by atoms with van der Waals surface area (Å²) in [5.41, 5.74) is 5.39. The molecule has 0 spiro atoms. The molecule has 0 aliphatic heterocycles. The highest BCUT2D eigenvalue weighted by Gasteiger charge is 2.23. The summed E-state index contributed by atoms with van der Waals surface area (Å²) in [4.78, 5) is -0.727. The molecule has 0 bridgehead atoms. The number of hydrogen-bond donors (Lipinski definition) is 2. The minimum Gasteiger partial charge on any atom is -0.399 e. The van der Waals surface area contributed by atoms with Crippen molar-refractivity contribution in [1.29, 1.82) is 0 Å².